The highest BCUT2D eigenvalue weighted by Crippen LogP contribution is 2.18. The molecule has 4 heteroatoms. The molecule has 0 fully saturated rings. The maximum Gasteiger partial charge on any atom is 0.219 e. The van der Waals surface area contributed by atoms with E-state index in [2.05, 4.69) is 38.2 Å². The fraction of sp³-hybridized carbons (Fsp3) is 0.967. The molecule has 0 spiro atoms. The lowest BCUT2D eigenvalue weighted by molar-refractivity contribution is -0.121. The Morgan fingerprint density at radius 3 is 1.62 bits per heavy atom. The average Bonchev–Trinajstić information content (AvgIpc) is 2.81. The SMILES string of the molecule is CCCCCCCCC(C(O)CCCCCCCCCCCC(=O)NCCCCCC)N(C)C. The highest BCUT2D eigenvalue weighted by molar-refractivity contribution is 5.75. The molecule has 0 aliphatic carbocycles. The predicted molar refractivity (Wildman–Crippen MR) is 149 cm³/mol. The van der Waals surface area contributed by atoms with E-state index >= 15 is 0 Å². The van der Waals surface area contributed by atoms with Gasteiger partial charge < -0.3 is 15.3 Å². The Balaban J connectivity index is 3.55. The van der Waals surface area contributed by atoms with Gasteiger partial charge in [0.15, 0.2) is 0 Å². The zero-order chi connectivity index (χ0) is 25.3. The van der Waals surface area contributed by atoms with Crippen LogP contribution in [0.2, 0.25) is 0 Å². The molecule has 1 amide bonds. The summed E-state index contributed by atoms with van der Waals surface area (Å²) in [6.45, 7) is 5.33. The van der Waals surface area contributed by atoms with E-state index in [1.54, 1.807) is 0 Å². The molecule has 0 aliphatic rings. The van der Waals surface area contributed by atoms with Crippen molar-refractivity contribution in [2.45, 2.75) is 167 Å². The second-order valence-corrected chi connectivity index (χ2v) is 10.8. The van der Waals surface area contributed by atoms with Crippen molar-refractivity contribution in [1.29, 1.82) is 0 Å². The van der Waals surface area contributed by atoms with Crippen molar-refractivity contribution in [2.24, 2.45) is 0 Å². The van der Waals surface area contributed by atoms with E-state index < -0.39 is 0 Å². The molecular formula is C30H62N2O2. The van der Waals surface area contributed by atoms with Gasteiger partial charge >= 0.3 is 0 Å². The van der Waals surface area contributed by atoms with Gasteiger partial charge in [0.2, 0.25) is 5.91 Å². The summed E-state index contributed by atoms with van der Waals surface area (Å²) in [4.78, 5) is 14.0. The largest absolute Gasteiger partial charge is 0.391 e. The molecule has 34 heavy (non-hydrogen) atoms. The molecule has 0 rings (SSSR count). The molecule has 2 atom stereocenters. The maximum absolute atomic E-state index is 11.8. The molecule has 0 aromatic carbocycles. The van der Waals surface area contributed by atoms with Gasteiger partial charge in [-0.1, -0.05) is 123 Å². The van der Waals surface area contributed by atoms with Crippen LogP contribution in [0, 0.1) is 0 Å². The van der Waals surface area contributed by atoms with Crippen LogP contribution in [0.3, 0.4) is 0 Å². The van der Waals surface area contributed by atoms with Crippen LogP contribution in [0.4, 0.5) is 0 Å². The Bertz CT molecular complexity index is 428. The number of hydrogen-bond acceptors (Lipinski definition) is 3. The second-order valence-electron chi connectivity index (χ2n) is 10.8. The molecular weight excluding hydrogens is 420 g/mol. The van der Waals surface area contributed by atoms with Gasteiger partial charge in [-0.25, -0.2) is 0 Å². The Labute approximate surface area is 214 Å². The number of hydrogen-bond donors (Lipinski definition) is 2. The van der Waals surface area contributed by atoms with E-state index in [4.69, 9.17) is 0 Å². The summed E-state index contributed by atoms with van der Waals surface area (Å²) in [6.07, 6.45) is 26.4. The van der Waals surface area contributed by atoms with Crippen LogP contribution in [0.5, 0.6) is 0 Å². The summed E-state index contributed by atoms with van der Waals surface area (Å²) < 4.78 is 0. The number of aliphatic hydroxyl groups is 1. The maximum atomic E-state index is 11.8. The Kier molecular flexibility index (Phi) is 25.0. The van der Waals surface area contributed by atoms with Crippen LogP contribution in [-0.4, -0.2) is 48.7 Å². The molecule has 0 heterocycles. The van der Waals surface area contributed by atoms with Gasteiger partial charge in [0.25, 0.3) is 0 Å². The summed E-state index contributed by atoms with van der Waals surface area (Å²) in [6, 6.07) is 0.314. The van der Waals surface area contributed by atoms with Gasteiger partial charge in [0.1, 0.15) is 0 Å². The molecule has 204 valence electrons. The van der Waals surface area contributed by atoms with E-state index in [0.29, 0.717) is 12.5 Å². The lowest BCUT2D eigenvalue weighted by Crippen LogP contribution is -2.39. The highest BCUT2D eigenvalue weighted by atomic mass is 16.3. The minimum absolute atomic E-state index is 0.181. The van der Waals surface area contributed by atoms with E-state index in [1.165, 1.54) is 103 Å². The number of aliphatic hydroxyl groups excluding tert-OH is 1. The zero-order valence-corrected chi connectivity index (χ0v) is 23.7. The number of nitrogens with one attached hydrogen (secondary N) is 1. The molecule has 0 aliphatic heterocycles. The number of carbonyl (C=O) groups is 1. The van der Waals surface area contributed by atoms with Crippen molar-refractivity contribution < 1.29 is 9.90 Å². The minimum Gasteiger partial charge on any atom is -0.391 e. The first kappa shape index (κ1) is 33.4. The number of carbonyl (C=O) groups excluding carboxylic acids is 1. The topological polar surface area (TPSA) is 52.6 Å². The Morgan fingerprint density at radius 2 is 1.09 bits per heavy atom. The molecule has 2 unspecified atom stereocenters. The third-order valence-corrected chi connectivity index (χ3v) is 7.22. The Hall–Kier alpha value is -0.610. The number of rotatable bonds is 26. The van der Waals surface area contributed by atoms with Crippen LogP contribution in [-0.2, 0) is 4.79 Å². The molecule has 0 aromatic rings. The van der Waals surface area contributed by atoms with Gasteiger partial charge in [-0.3, -0.25) is 4.79 Å². The number of nitrogens with zero attached hydrogens (tertiary/aromatic N) is 1. The summed E-state index contributed by atoms with van der Waals surface area (Å²) in [5, 5.41) is 13.7. The number of unbranched alkanes of at least 4 members (excludes halogenated alkanes) is 16. The third kappa shape index (κ3) is 21.9. The van der Waals surface area contributed by atoms with E-state index in [0.717, 1.165) is 38.6 Å². The van der Waals surface area contributed by atoms with Gasteiger partial charge in [-0.05, 0) is 39.8 Å². The Morgan fingerprint density at radius 1 is 0.647 bits per heavy atom. The molecule has 0 saturated carbocycles. The molecule has 0 bridgehead atoms. The number of likely N-dealkylation sites (N-methyl/N-ethyl adjacent to an activating group) is 1. The predicted octanol–water partition coefficient (Wildman–Crippen LogP) is 8.02. The minimum atomic E-state index is -0.181. The lowest BCUT2D eigenvalue weighted by Gasteiger charge is -2.29. The standard InChI is InChI=1S/C30H62N2O2/c1-5-7-9-11-17-20-24-28(32(3)4)29(33)25-21-18-15-13-12-14-16-19-22-26-30(34)31-27-23-10-8-6-2/h28-29,33H,5-27H2,1-4H3,(H,31,34). The molecule has 2 N–H and O–H groups in total. The van der Waals surface area contributed by atoms with Crippen molar-refractivity contribution in [3.63, 3.8) is 0 Å². The monoisotopic (exact) mass is 482 g/mol. The fourth-order valence-corrected chi connectivity index (χ4v) is 4.87. The molecule has 4 nitrogen and oxygen atoms in total. The first-order valence-electron chi connectivity index (χ1n) is 15.1. The second kappa shape index (κ2) is 25.5. The van der Waals surface area contributed by atoms with E-state index in [-0.39, 0.29) is 12.0 Å². The normalized spacial score (nSPS) is 13.4. The summed E-state index contributed by atoms with van der Waals surface area (Å²) in [7, 11) is 4.23. The summed E-state index contributed by atoms with van der Waals surface area (Å²) in [5.41, 5.74) is 0. The van der Waals surface area contributed by atoms with Gasteiger partial charge in [0.05, 0.1) is 6.10 Å². The summed E-state index contributed by atoms with van der Waals surface area (Å²) in [5.74, 6) is 0.238. The van der Waals surface area contributed by atoms with Gasteiger partial charge in [-0.2, -0.15) is 0 Å². The third-order valence-electron chi connectivity index (χ3n) is 7.22. The fourth-order valence-electron chi connectivity index (χ4n) is 4.87. The van der Waals surface area contributed by atoms with Crippen LogP contribution in [0.1, 0.15) is 155 Å². The quantitative estimate of drug-likeness (QED) is 0.123. The zero-order valence-electron chi connectivity index (χ0n) is 23.7. The van der Waals surface area contributed by atoms with Crippen molar-refractivity contribution >= 4 is 5.91 Å². The van der Waals surface area contributed by atoms with E-state index in [1.807, 2.05) is 0 Å². The smallest absolute Gasteiger partial charge is 0.219 e. The van der Waals surface area contributed by atoms with Crippen molar-refractivity contribution in [2.75, 3.05) is 20.6 Å². The molecule has 0 aromatic heterocycles. The van der Waals surface area contributed by atoms with Crippen LogP contribution in [0.15, 0.2) is 0 Å². The van der Waals surface area contributed by atoms with Crippen LogP contribution in [0.25, 0.3) is 0 Å². The van der Waals surface area contributed by atoms with Crippen LogP contribution < -0.4 is 5.32 Å². The van der Waals surface area contributed by atoms with Crippen molar-refractivity contribution in [1.82, 2.24) is 10.2 Å². The lowest BCUT2D eigenvalue weighted by atomic mass is 9.96. The van der Waals surface area contributed by atoms with Gasteiger partial charge in [-0.15, -0.1) is 0 Å². The average molecular weight is 483 g/mol. The molecule has 0 radical (unpaired) electrons. The first-order chi connectivity index (χ1) is 16.5. The number of amides is 1. The first-order valence-corrected chi connectivity index (χ1v) is 15.1. The van der Waals surface area contributed by atoms with Crippen LogP contribution >= 0.6 is 0 Å². The highest BCUT2D eigenvalue weighted by Gasteiger charge is 2.20. The van der Waals surface area contributed by atoms with Gasteiger partial charge in [0, 0.05) is 19.0 Å². The van der Waals surface area contributed by atoms with Crippen molar-refractivity contribution in [3.05, 3.63) is 0 Å². The molecule has 0 saturated heterocycles. The summed E-state index contributed by atoms with van der Waals surface area (Å²) >= 11 is 0. The van der Waals surface area contributed by atoms with E-state index in [9.17, 15) is 9.90 Å². The van der Waals surface area contributed by atoms with Crippen molar-refractivity contribution in [3.8, 4) is 0 Å².